The Kier molecular flexibility index (Phi) is 3.09. The summed E-state index contributed by atoms with van der Waals surface area (Å²) in [6.07, 6.45) is 2.58. The van der Waals surface area contributed by atoms with E-state index in [1.54, 1.807) is 0 Å². The third-order valence-corrected chi connectivity index (χ3v) is 3.32. The second-order valence-corrected chi connectivity index (χ2v) is 5.77. The number of allylic oxidation sites excluding steroid dienone is 1. The number of nitrogens with zero attached hydrogens (tertiary/aromatic N) is 1. The number of carbonyl (C=O) groups excluding carboxylic acids is 1. The summed E-state index contributed by atoms with van der Waals surface area (Å²) >= 11 is 0. The number of hydrogen-bond acceptors (Lipinski definition) is 2. The van der Waals surface area contributed by atoms with Crippen LogP contribution in [0.3, 0.4) is 0 Å². The van der Waals surface area contributed by atoms with Gasteiger partial charge < -0.3 is 0 Å². The molecule has 0 aromatic heterocycles. The van der Waals surface area contributed by atoms with Gasteiger partial charge in [-0.15, -0.1) is 0 Å². The molecule has 92 valence electrons. The van der Waals surface area contributed by atoms with Gasteiger partial charge in [-0.05, 0) is 28.2 Å². The van der Waals surface area contributed by atoms with E-state index in [0.29, 0.717) is 6.42 Å². The molecule has 0 spiro atoms. The molecule has 0 radical (unpaired) electrons. The molecule has 0 heterocycles. The van der Waals surface area contributed by atoms with Crippen molar-refractivity contribution in [3.05, 3.63) is 40.5 Å². The van der Waals surface area contributed by atoms with Gasteiger partial charge in [0.1, 0.15) is 0 Å². The average Bonchev–Trinajstić information content (AvgIpc) is 2.70. The van der Waals surface area contributed by atoms with Crippen molar-refractivity contribution in [3.63, 3.8) is 0 Å². The number of ketones is 1. The lowest BCUT2D eigenvalue weighted by molar-refractivity contribution is -0.114. The molecule has 0 saturated carbocycles. The van der Waals surface area contributed by atoms with Crippen LogP contribution in [0.2, 0.25) is 0 Å². The van der Waals surface area contributed by atoms with Gasteiger partial charge in [-0.2, -0.15) is 5.26 Å². The molecule has 2 nitrogen and oxygen atoms in total. The summed E-state index contributed by atoms with van der Waals surface area (Å²) in [5.41, 5.74) is 4.46. The molecule has 0 amide bonds. The summed E-state index contributed by atoms with van der Waals surface area (Å²) in [7, 11) is 0. The van der Waals surface area contributed by atoms with Crippen molar-refractivity contribution in [2.75, 3.05) is 0 Å². The maximum atomic E-state index is 11.7. The van der Waals surface area contributed by atoms with E-state index >= 15 is 0 Å². The number of hydrogen-bond donors (Lipinski definition) is 0. The molecule has 2 heteroatoms. The van der Waals surface area contributed by atoms with Crippen molar-refractivity contribution in [2.45, 2.75) is 39.0 Å². The van der Waals surface area contributed by atoms with Gasteiger partial charge in [0.05, 0.1) is 12.5 Å². The first-order valence-electron chi connectivity index (χ1n) is 6.16. The first-order chi connectivity index (χ1) is 8.41. The fraction of sp³-hybridized carbons (Fsp3) is 0.375. The van der Waals surface area contributed by atoms with Crippen LogP contribution in [0, 0.1) is 11.3 Å². The summed E-state index contributed by atoms with van der Waals surface area (Å²) in [6.45, 7) is 6.53. The zero-order chi connectivity index (χ0) is 13.3. The van der Waals surface area contributed by atoms with Gasteiger partial charge in [-0.25, -0.2) is 0 Å². The zero-order valence-corrected chi connectivity index (χ0v) is 11.1. The lowest BCUT2D eigenvalue weighted by atomic mass is 9.85. The Hall–Kier alpha value is -1.88. The SMILES string of the molecule is CC(C)(C)c1ccc2c(c1)C=C(C(=O)CC#N)C2. The molecule has 0 atom stereocenters. The monoisotopic (exact) mass is 239 g/mol. The minimum absolute atomic E-state index is 0.0219. The topological polar surface area (TPSA) is 40.9 Å². The van der Waals surface area contributed by atoms with Crippen molar-refractivity contribution in [1.82, 2.24) is 0 Å². The van der Waals surface area contributed by atoms with Crippen LogP contribution in [0.1, 0.15) is 43.9 Å². The highest BCUT2D eigenvalue weighted by atomic mass is 16.1. The average molecular weight is 239 g/mol. The summed E-state index contributed by atoms with van der Waals surface area (Å²) in [6, 6.07) is 8.30. The van der Waals surface area contributed by atoms with Crippen molar-refractivity contribution in [2.24, 2.45) is 0 Å². The third-order valence-electron chi connectivity index (χ3n) is 3.32. The van der Waals surface area contributed by atoms with E-state index < -0.39 is 0 Å². The molecule has 0 aliphatic heterocycles. The maximum Gasteiger partial charge on any atom is 0.173 e. The minimum atomic E-state index is -0.0500. The molecule has 0 fully saturated rings. The highest BCUT2D eigenvalue weighted by molar-refractivity contribution is 6.02. The van der Waals surface area contributed by atoms with Crippen molar-refractivity contribution < 1.29 is 4.79 Å². The minimum Gasteiger partial charge on any atom is -0.293 e. The lowest BCUT2D eigenvalue weighted by Crippen LogP contribution is -2.11. The van der Waals surface area contributed by atoms with Crippen LogP contribution in [0.15, 0.2) is 23.8 Å². The van der Waals surface area contributed by atoms with Crippen LogP contribution in [0.25, 0.3) is 6.08 Å². The molecule has 0 bridgehead atoms. The largest absolute Gasteiger partial charge is 0.293 e. The Bertz CT molecular complexity index is 568. The van der Waals surface area contributed by atoms with E-state index in [0.717, 1.165) is 11.1 Å². The first-order valence-corrected chi connectivity index (χ1v) is 6.16. The number of carbonyl (C=O) groups is 1. The van der Waals surface area contributed by atoms with Crippen LogP contribution in [-0.4, -0.2) is 5.78 Å². The lowest BCUT2D eigenvalue weighted by Gasteiger charge is -2.19. The normalized spacial score (nSPS) is 13.8. The summed E-state index contributed by atoms with van der Waals surface area (Å²) in [4.78, 5) is 11.7. The summed E-state index contributed by atoms with van der Waals surface area (Å²) in [5, 5.41) is 8.57. The molecule has 18 heavy (non-hydrogen) atoms. The quantitative estimate of drug-likeness (QED) is 0.793. The van der Waals surface area contributed by atoms with Gasteiger partial charge >= 0.3 is 0 Å². The fourth-order valence-electron chi connectivity index (χ4n) is 2.17. The molecule has 0 unspecified atom stereocenters. The molecule has 1 aromatic rings. The molecule has 1 aromatic carbocycles. The van der Waals surface area contributed by atoms with Gasteiger partial charge in [-0.1, -0.05) is 39.0 Å². The van der Waals surface area contributed by atoms with Crippen molar-refractivity contribution >= 4 is 11.9 Å². The highest BCUT2D eigenvalue weighted by Gasteiger charge is 2.21. The smallest absolute Gasteiger partial charge is 0.173 e. The second-order valence-electron chi connectivity index (χ2n) is 5.77. The Morgan fingerprint density at radius 2 is 2.11 bits per heavy atom. The van der Waals surface area contributed by atoms with E-state index in [1.165, 1.54) is 11.1 Å². The van der Waals surface area contributed by atoms with Crippen LogP contribution in [0.5, 0.6) is 0 Å². The van der Waals surface area contributed by atoms with Crippen molar-refractivity contribution in [1.29, 1.82) is 5.26 Å². The fourth-order valence-corrected chi connectivity index (χ4v) is 2.17. The molecule has 0 saturated heterocycles. The van der Waals surface area contributed by atoms with E-state index in [2.05, 4.69) is 39.0 Å². The summed E-state index contributed by atoms with van der Waals surface area (Å²) in [5.74, 6) is -0.0500. The standard InChI is InChI=1S/C16H17NO/c1-16(2,3)14-5-4-11-8-13(9-12(11)10-14)15(18)6-7-17/h4-5,9-10H,6,8H2,1-3H3. The van der Waals surface area contributed by atoms with Gasteiger partial charge in [0.15, 0.2) is 5.78 Å². The Balaban J connectivity index is 2.32. The molecule has 1 aliphatic rings. The maximum absolute atomic E-state index is 11.7. The number of benzene rings is 1. The van der Waals surface area contributed by atoms with E-state index in [4.69, 9.17) is 5.26 Å². The molecular formula is C16H17NO. The van der Waals surface area contributed by atoms with Crippen LogP contribution < -0.4 is 0 Å². The van der Waals surface area contributed by atoms with Crippen LogP contribution >= 0.6 is 0 Å². The van der Waals surface area contributed by atoms with Gasteiger partial charge in [0.2, 0.25) is 0 Å². The second kappa shape index (κ2) is 4.42. The zero-order valence-electron chi connectivity index (χ0n) is 11.1. The van der Waals surface area contributed by atoms with Gasteiger partial charge in [0, 0.05) is 12.0 Å². The highest BCUT2D eigenvalue weighted by Crippen LogP contribution is 2.31. The Labute approximate surface area is 108 Å². The van der Waals surface area contributed by atoms with Gasteiger partial charge in [0.25, 0.3) is 0 Å². The van der Waals surface area contributed by atoms with Crippen molar-refractivity contribution in [3.8, 4) is 6.07 Å². The number of nitriles is 1. The number of Topliss-reactive ketones (excluding diaryl/α,β-unsaturated/α-hetero) is 1. The summed E-state index contributed by atoms with van der Waals surface area (Å²) < 4.78 is 0. The van der Waals surface area contributed by atoms with E-state index in [-0.39, 0.29) is 17.6 Å². The molecule has 1 aliphatic carbocycles. The number of fused-ring (bicyclic) bond motifs is 1. The Morgan fingerprint density at radius 1 is 1.39 bits per heavy atom. The number of rotatable bonds is 2. The third kappa shape index (κ3) is 2.36. The van der Waals surface area contributed by atoms with Crippen LogP contribution in [-0.2, 0) is 16.6 Å². The molecular weight excluding hydrogens is 222 g/mol. The van der Waals surface area contributed by atoms with Crippen LogP contribution in [0.4, 0.5) is 0 Å². The van der Waals surface area contributed by atoms with Gasteiger partial charge in [-0.3, -0.25) is 4.79 Å². The van der Waals surface area contributed by atoms with E-state index in [9.17, 15) is 4.79 Å². The Morgan fingerprint density at radius 3 is 2.72 bits per heavy atom. The predicted octanol–water partition coefficient (Wildman–Crippen LogP) is 3.41. The van der Waals surface area contributed by atoms with E-state index in [1.807, 2.05) is 12.1 Å². The molecule has 0 N–H and O–H groups in total. The predicted molar refractivity (Wildman–Crippen MR) is 72.1 cm³/mol. The first kappa shape index (κ1) is 12.6. The molecule has 2 rings (SSSR count).